The maximum absolute atomic E-state index is 12.2. The first kappa shape index (κ1) is 13.5. The van der Waals surface area contributed by atoms with Gasteiger partial charge in [0.25, 0.3) is 5.91 Å². The summed E-state index contributed by atoms with van der Waals surface area (Å²) in [6.07, 6.45) is 0.404. The third-order valence-electron chi connectivity index (χ3n) is 3.25. The van der Waals surface area contributed by atoms with E-state index in [1.54, 1.807) is 18.2 Å². The molecule has 1 unspecified atom stereocenters. The zero-order chi connectivity index (χ0) is 13.9. The van der Waals surface area contributed by atoms with E-state index in [4.69, 9.17) is 9.84 Å². The molecule has 1 fully saturated rings. The molecular weight excluding hydrogens is 246 g/mol. The van der Waals surface area contributed by atoms with Crippen LogP contribution in [0.1, 0.15) is 28.8 Å². The molecule has 1 aliphatic rings. The van der Waals surface area contributed by atoms with Gasteiger partial charge >= 0.3 is 5.97 Å². The minimum Gasteiger partial charge on any atom is -0.481 e. The number of nitrogens with one attached hydrogen (secondary N) is 1. The minimum absolute atomic E-state index is 0.120. The Labute approximate surface area is 111 Å². The first-order valence-electron chi connectivity index (χ1n) is 6.19. The maximum atomic E-state index is 12.2. The predicted molar refractivity (Wildman–Crippen MR) is 69.1 cm³/mol. The number of ether oxygens (including phenoxy) is 1. The van der Waals surface area contributed by atoms with Crippen LogP contribution in [0, 0.1) is 6.92 Å². The lowest BCUT2D eigenvalue weighted by Crippen LogP contribution is -2.50. The highest BCUT2D eigenvalue weighted by atomic mass is 16.5. The van der Waals surface area contributed by atoms with Crippen molar-refractivity contribution < 1.29 is 19.4 Å². The summed E-state index contributed by atoms with van der Waals surface area (Å²) in [5.41, 5.74) is 0.742. The Hall–Kier alpha value is -1.88. The van der Waals surface area contributed by atoms with Crippen molar-refractivity contribution in [3.05, 3.63) is 35.4 Å². The molecule has 1 atom stereocenters. The highest BCUT2D eigenvalue weighted by molar-refractivity contribution is 5.95. The van der Waals surface area contributed by atoms with Gasteiger partial charge in [0.15, 0.2) is 0 Å². The average molecular weight is 263 g/mol. The number of carbonyl (C=O) groups excluding carboxylic acids is 1. The largest absolute Gasteiger partial charge is 0.481 e. The first-order valence-corrected chi connectivity index (χ1v) is 6.19. The third kappa shape index (κ3) is 3.32. The fourth-order valence-corrected chi connectivity index (χ4v) is 2.28. The number of carbonyl (C=O) groups is 2. The number of carboxylic acids is 1. The van der Waals surface area contributed by atoms with E-state index in [1.165, 1.54) is 0 Å². The van der Waals surface area contributed by atoms with E-state index in [1.807, 2.05) is 13.0 Å². The van der Waals surface area contributed by atoms with E-state index >= 15 is 0 Å². The van der Waals surface area contributed by atoms with Crippen LogP contribution in [0.2, 0.25) is 0 Å². The second-order valence-electron chi connectivity index (χ2n) is 4.98. The number of hydrogen-bond donors (Lipinski definition) is 2. The van der Waals surface area contributed by atoms with Gasteiger partial charge in [-0.05, 0) is 25.5 Å². The van der Waals surface area contributed by atoms with Crippen molar-refractivity contribution in [3.8, 4) is 0 Å². The minimum atomic E-state index is -0.935. The molecule has 5 nitrogen and oxygen atoms in total. The quantitative estimate of drug-likeness (QED) is 0.860. The van der Waals surface area contributed by atoms with E-state index in [2.05, 4.69) is 5.32 Å². The standard InChI is InChI=1S/C14H17NO4/c1-10-3-2-4-11(7-10)13(18)15-14(8-12(16)17)5-6-19-9-14/h2-4,7H,5-6,8-9H2,1H3,(H,15,18)(H,16,17). The average Bonchev–Trinajstić information content (AvgIpc) is 2.76. The van der Waals surface area contributed by atoms with Crippen LogP contribution >= 0.6 is 0 Å². The van der Waals surface area contributed by atoms with Crippen LogP contribution in [0.3, 0.4) is 0 Å². The van der Waals surface area contributed by atoms with Crippen molar-refractivity contribution in [2.45, 2.75) is 25.3 Å². The van der Waals surface area contributed by atoms with Gasteiger partial charge in [-0.15, -0.1) is 0 Å². The molecule has 1 heterocycles. The summed E-state index contributed by atoms with van der Waals surface area (Å²) < 4.78 is 5.24. The molecule has 0 spiro atoms. The normalized spacial score (nSPS) is 22.2. The van der Waals surface area contributed by atoms with Crippen molar-refractivity contribution >= 4 is 11.9 Å². The summed E-state index contributed by atoms with van der Waals surface area (Å²) >= 11 is 0. The number of hydrogen-bond acceptors (Lipinski definition) is 3. The van der Waals surface area contributed by atoms with Crippen LogP contribution in [0.25, 0.3) is 0 Å². The van der Waals surface area contributed by atoms with Crippen molar-refractivity contribution in [1.29, 1.82) is 0 Å². The summed E-state index contributed by atoms with van der Waals surface area (Å²) in [6.45, 7) is 2.63. The van der Waals surface area contributed by atoms with Crippen LogP contribution in [-0.4, -0.2) is 35.7 Å². The molecule has 1 amide bonds. The fourth-order valence-electron chi connectivity index (χ4n) is 2.28. The topological polar surface area (TPSA) is 75.6 Å². The number of aryl methyl sites for hydroxylation is 1. The molecule has 2 N–H and O–H groups in total. The van der Waals surface area contributed by atoms with Gasteiger partial charge in [-0.3, -0.25) is 9.59 Å². The first-order chi connectivity index (χ1) is 9.01. The van der Waals surface area contributed by atoms with E-state index in [0.717, 1.165) is 5.56 Å². The lowest BCUT2D eigenvalue weighted by molar-refractivity contribution is -0.138. The summed E-state index contributed by atoms with van der Waals surface area (Å²) in [4.78, 5) is 23.1. The summed E-state index contributed by atoms with van der Waals surface area (Å²) in [6, 6.07) is 7.20. The van der Waals surface area contributed by atoms with Gasteiger partial charge in [-0.1, -0.05) is 17.7 Å². The Kier molecular flexibility index (Phi) is 3.85. The molecule has 5 heteroatoms. The maximum Gasteiger partial charge on any atom is 0.305 e. The van der Waals surface area contributed by atoms with Crippen molar-refractivity contribution in [3.63, 3.8) is 0 Å². The van der Waals surface area contributed by atoms with Gasteiger partial charge in [0.05, 0.1) is 18.6 Å². The second-order valence-corrected chi connectivity index (χ2v) is 4.98. The molecule has 0 bridgehead atoms. The number of carboxylic acid groups (broad SMARTS) is 1. The molecule has 2 rings (SSSR count). The van der Waals surface area contributed by atoms with E-state index < -0.39 is 11.5 Å². The fraction of sp³-hybridized carbons (Fsp3) is 0.429. The molecule has 1 aliphatic heterocycles. The molecule has 1 saturated heterocycles. The SMILES string of the molecule is Cc1cccc(C(=O)NC2(CC(=O)O)CCOC2)c1. The van der Waals surface area contributed by atoms with Crippen LogP contribution in [-0.2, 0) is 9.53 Å². The molecule has 0 saturated carbocycles. The zero-order valence-electron chi connectivity index (χ0n) is 10.8. The molecule has 0 radical (unpaired) electrons. The Morgan fingerprint density at radius 2 is 2.26 bits per heavy atom. The predicted octanol–water partition coefficient (Wildman–Crippen LogP) is 1.36. The molecule has 1 aromatic rings. The third-order valence-corrected chi connectivity index (χ3v) is 3.25. The monoisotopic (exact) mass is 263 g/mol. The molecule has 0 aromatic heterocycles. The van der Waals surface area contributed by atoms with Gasteiger partial charge in [-0.25, -0.2) is 0 Å². The van der Waals surface area contributed by atoms with Gasteiger partial charge in [0, 0.05) is 12.2 Å². The highest BCUT2D eigenvalue weighted by Gasteiger charge is 2.38. The van der Waals surface area contributed by atoms with E-state index in [9.17, 15) is 9.59 Å². The van der Waals surface area contributed by atoms with Crippen LogP contribution in [0.15, 0.2) is 24.3 Å². The molecule has 1 aromatic carbocycles. The summed E-state index contributed by atoms with van der Waals surface area (Å²) in [5.74, 6) is -1.19. The molecular formula is C14H17NO4. The van der Waals surface area contributed by atoms with Crippen LogP contribution < -0.4 is 5.32 Å². The Bertz CT molecular complexity index is 492. The van der Waals surface area contributed by atoms with Crippen molar-refractivity contribution in [1.82, 2.24) is 5.32 Å². The van der Waals surface area contributed by atoms with Gasteiger partial charge in [-0.2, -0.15) is 0 Å². The zero-order valence-corrected chi connectivity index (χ0v) is 10.8. The highest BCUT2D eigenvalue weighted by Crippen LogP contribution is 2.23. The number of rotatable bonds is 4. The van der Waals surface area contributed by atoms with Gasteiger partial charge in [0.2, 0.25) is 0 Å². The Morgan fingerprint density at radius 1 is 1.47 bits per heavy atom. The summed E-state index contributed by atoms with van der Waals surface area (Å²) in [5, 5.41) is 11.8. The lowest BCUT2D eigenvalue weighted by atomic mass is 9.93. The van der Waals surface area contributed by atoms with Crippen molar-refractivity contribution in [2.24, 2.45) is 0 Å². The second kappa shape index (κ2) is 5.40. The number of amides is 1. The Morgan fingerprint density at radius 3 is 2.84 bits per heavy atom. The van der Waals surface area contributed by atoms with Crippen LogP contribution in [0.4, 0.5) is 0 Å². The molecule has 19 heavy (non-hydrogen) atoms. The number of benzene rings is 1. The lowest BCUT2D eigenvalue weighted by Gasteiger charge is -2.27. The van der Waals surface area contributed by atoms with E-state index in [-0.39, 0.29) is 18.9 Å². The smallest absolute Gasteiger partial charge is 0.305 e. The summed E-state index contributed by atoms with van der Waals surface area (Å²) in [7, 11) is 0. The Balaban J connectivity index is 2.13. The van der Waals surface area contributed by atoms with E-state index in [0.29, 0.717) is 18.6 Å². The molecule has 102 valence electrons. The van der Waals surface area contributed by atoms with Crippen molar-refractivity contribution in [2.75, 3.05) is 13.2 Å². The molecule has 0 aliphatic carbocycles. The number of aliphatic carboxylic acids is 1. The van der Waals surface area contributed by atoms with Crippen LogP contribution in [0.5, 0.6) is 0 Å². The van der Waals surface area contributed by atoms with Gasteiger partial charge in [0.1, 0.15) is 0 Å². The van der Waals surface area contributed by atoms with Gasteiger partial charge < -0.3 is 15.2 Å².